The topological polar surface area (TPSA) is 29.5 Å². The van der Waals surface area contributed by atoms with Gasteiger partial charge < -0.3 is 9.64 Å². The summed E-state index contributed by atoms with van der Waals surface area (Å²) in [5.41, 5.74) is 0.951. The fraction of sp³-hybridized carbons (Fsp3) is 0.462. The standard InChI is InChI=1S/C13H14F3NO2/c14-13(15,16)9-19-11-6-7-17(12(11)18)8-10-4-2-1-3-5-10/h1-5,11H,6-9H2. The van der Waals surface area contributed by atoms with E-state index in [1.54, 1.807) is 0 Å². The van der Waals surface area contributed by atoms with Gasteiger partial charge in [0.2, 0.25) is 0 Å². The van der Waals surface area contributed by atoms with Crippen LogP contribution in [0.25, 0.3) is 0 Å². The molecular weight excluding hydrogens is 259 g/mol. The third-order valence-corrected chi connectivity index (χ3v) is 2.91. The predicted octanol–water partition coefficient (Wildman–Crippen LogP) is 2.37. The Morgan fingerprint density at radius 3 is 2.58 bits per heavy atom. The number of benzene rings is 1. The van der Waals surface area contributed by atoms with Crippen molar-refractivity contribution < 1.29 is 22.7 Å². The molecule has 1 heterocycles. The molecule has 1 atom stereocenters. The van der Waals surface area contributed by atoms with E-state index in [2.05, 4.69) is 4.74 Å². The first-order valence-electron chi connectivity index (χ1n) is 5.97. The van der Waals surface area contributed by atoms with Crippen molar-refractivity contribution in [1.82, 2.24) is 4.90 Å². The van der Waals surface area contributed by atoms with Crippen molar-refractivity contribution in [2.45, 2.75) is 25.2 Å². The summed E-state index contributed by atoms with van der Waals surface area (Å²) in [5, 5.41) is 0. The molecule has 0 saturated carbocycles. The Bertz CT molecular complexity index is 433. The first kappa shape index (κ1) is 13.9. The molecule has 1 amide bonds. The lowest BCUT2D eigenvalue weighted by atomic mass is 10.2. The SMILES string of the molecule is O=C1C(OCC(F)(F)F)CCN1Cc1ccccc1. The van der Waals surface area contributed by atoms with Crippen molar-refractivity contribution in [2.24, 2.45) is 0 Å². The van der Waals surface area contributed by atoms with Gasteiger partial charge in [0, 0.05) is 19.5 Å². The summed E-state index contributed by atoms with van der Waals surface area (Å²) in [5.74, 6) is -0.367. The second-order valence-electron chi connectivity index (χ2n) is 4.45. The van der Waals surface area contributed by atoms with Crippen molar-refractivity contribution >= 4 is 5.91 Å². The minimum Gasteiger partial charge on any atom is -0.359 e. The minimum absolute atomic E-state index is 0.307. The fourth-order valence-electron chi connectivity index (χ4n) is 2.02. The summed E-state index contributed by atoms with van der Waals surface area (Å²) < 4.78 is 40.7. The molecule has 0 spiro atoms. The van der Waals surface area contributed by atoms with Crippen LogP contribution in [0.1, 0.15) is 12.0 Å². The highest BCUT2D eigenvalue weighted by atomic mass is 19.4. The smallest absolute Gasteiger partial charge is 0.359 e. The first-order chi connectivity index (χ1) is 8.96. The fourth-order valence-corrected chi connectivity index (χ4v) is 2.02. The number of alkyl halides is 3. The summed E-state index contributed by atoms with van der Waals surface area (Å²) >= 11 is 0. The van der Waals surface area contributed by atoms with Crippen LogP contribution in [-0.4, -0.2) is 36.2 Å². The quantitative estimate of drug-likeness (QED) is 0.843. The summed E-state index contributed by atoms with van der Waals surface area (Å²) in [6, 6.07) is 9.32. The maximum absolute atomic E-state index is 12.0. The zero-order valence-corrected chi connectivity index (χ0v) is 10.2. The van der Waals surface area contributed by atoms with Gasteiger partial charge in [0.05, 0.1) is 0 Å². The highest BCUT2D eigenvalue weighted by molar-refractivity contribution is 5.83. The maximum atomic E-state index is 12.0. The second-order valence-corrected chi connectivity index (χ2v) is 4.45. The summed E-state index contributed by atoms with van der Waals surface area (Å²) in [4.78, 5) is 13.4. The van der Waals surface area contributed by atoms with Crippen LogP contribution in [0.15, 0.2) is 30.3 Å². The third kappa shape index (κ3) is 3.96. The Kier molecular flexibility index (Phi) is 4.09. The van der Waals surface area contributed by atoms with Gasteiger partial charge in [-0.2, -0.15) is 13.2 Å². The number of likely N-dealkylation sites (tertiary alicyclic amines) is 1. The minimum atomic E-state index is -4.40. The Morgan fingerprint density at radius 1 is 1.26 bits per heavy atom. The van der Waals surface area contributed by atoms with Crippen LogP contribution >= 0.6 is 0 Å². The van der Waals surface area contributed by atoms with Crippen LogP contribution < -0.4 is 0 Å². The molecule has 0 radical (unpaired) electrons. The number of carbonyl (C=O) groups excluding carboxylic acids is 1. The van der Waals surface area contributed by atoms with Gasteiger partial charge in [0.15, 0.2) is 0 Å². The van der Waals surface area contributed by atoms with Crippen LogP contribution in [0.4, 0.5) is 13.2 Å². The van der Waals surface area contributed by atoms with Crippen molar-refractivity contribution in [3.8, 4) is 0 Å². The van der Waals surface area contributed by atoms with Gasteiger partial charge >= 0.3 is 6.18 Å². The molecule has 104 valence electrons. The number of hydrogen-bond donors (Lipinski definition) is 0. The Morgan fingerprint density at radius 2 is 1.95 bits per heavy atom. The monoisotopic (exact) mass is 273 g/mol. The highest BCUT2D eigenvalue weighted by Gasteiger charge is 2.36. The molecule has 1 aliphatic rings. The molecule has 0 aliphatic carbocycles. The number of amides is 1. The number of ether oxygens (including phenoxy) is 1. The number of hydrogen-bond acceptors (Lipinski definition) is 2. The molecule has 1 aromatic carbocycles. The predicted molar refractivity (Wildman–Crippen MR) is 62.3 cm³/mol. The van der Waals surface area contributed by atoms with Crippen molar-refractivity contribution in [2.75, 3.05) is 13.2 Å². The van der Waals surface area contributed by atoms with E-state index in [1.165, 1.54) is 4.90 Å². The normalized spacial score (nSPS) is 20.1. The summed E-state index contributed by atoms with van der Waals surface area (Å²) in [7, 11) is 0. The largest absolute Gasteiger partial charge is 0.411 e. The molecule has 1 unspecified atom stereocenters. The molecule has 6 heteroatoms. The number of rotatable bonds is 4. The van der Waals surface area contributed by atoms with E-state index in [9.17, 15) is 18.0 Å². The Balaban J connectivity index is 1.88. The van der Waals surface area contributed by atoms with Crippen molar-refractivity contribution in [3.63, 3.8) is 0 Å². The average Bonchev–Trinajstić information content (AvgIpc) is 2.69. The van der Waals surface area contributed by atoms with Crippen LogP contribution in [0.3, 0.4) is 0 Å². The molecule has 2 rings (SSSR count). The van der Waals surface area contributed by atoms with Crippen molar-refractivity contribution in [3.05, 3.63) is 35.9 Å². The molecule has 0 bridgehead atoms. The van der Waals surface area contributed by atoms with Gasteiger partial charge in [-0.1, -0.05) is 30.3 Å². The van der Waals surface area contributed by atoms with Crippen molar-refractivity contribution in [1.29, 1.82) is 0 Å². The first-order valence-corrected chi connectivity index (χ1v) is 5.97. The second kappa shape index (κ2) is 5.61. The van der Waals surface area contributed by atoms with E-state index in [4.69, 9.17) is 0 Å². The molecule has 19 heavy (non-hydrogen) atoms. The average molecular weight is 273 g/mol. The van der Waals surface area contributed by atoms with E-state index in [0.29, 0.717) is 19.5 Å². The molecule has 1 saturated heterocycles. The van der Waals surface area contributed by atoms with Gasteiger partial charge in [-0.3, -0.25) is 4.79 Å². The van der Waals surface area contributed by atoms with Crippen LogP contribution in [0.5, 0.6) is 0 Å². The molecule has 1 fully saturated rings. The lowest BCUT2D eigenvalue weighted by Gasteiger charge is -2.17. The van der Waals surface area contributed by atoms with Crippen LogP contribution in [-0.2, 0) is 16.1 Å². The van der Waals surface area contributed by atoms with Gasteiger partial charge in [-0.05, 0) is 5.56 Å². The van der Waals surface area contributed by atoms with Gasteiger partial charge in [0.1, 0.15) is 12.7 Å². The van der Waals surface area contributed by atoms with E-state index in [-0.39, 0.29) is 5.91 Å². The lowest BCUT2D eigenvalue weighted by Crippen LogP contribution is -2.32. The van der Waals surface area contributed by atoms with E-state index >= 15 is 0 Å². The number of nitrogens with zero attached hydrogens (tertiary/aromatic N) is 1. The molecule has 0 aromatic heterocycles. The molecule has 1 aliphatic heterocycles. The lowest BCUT2D eigenvalue weighted by molar-refractivity contribution is -0.186. The molecular formula is C13H14F3NO2. The van der Waals surface area contributed by atoms with Crippen LogP contribution in [0, 0.1) is 0 Å². The summed E-state index contributed by atoms with van der Waals surface area (Å²) in [6.45, 7) is -0.537. The Labute approximate surface area is 109 Å². The van der Waals surface area contributed by atoms with Gasteiger partial charge in [-0.15, -0.1) is 0 Å². The third-order valence-electron chi connectivity index (χ3n) is 2.91. The van der Waals surface area contributed by atoms with Gasteiger partial charge in [0.25, 0.3) is 5.91 Å². The van der Waals surface area contributed by atoms with E-state index < -0.39 is 18.9 Å². The van der Waals surface area contributed by atoms with E-state index in [1.807, 2.05) is 30.3 Å². The maximum Gasteiger partial charge on any atom is 0.411 e. The highest BCUT2D eigenvalue weighted by Crippen LogP contribution is 2.21. The van der Waals surface area contributed by atoms with Gasteiger partial charge in [-0.25, -0.2) is 0 Å². The van der Waals surface area contributed by atoms with E-state index in [0.717, 1.165) is 5.56 Å². The molecule has 1 aromatic rings. The number of carbonyl (C=O) groups is 1. The zero-order valence-electron chi connectivity index (χ0n) is 10.2. The number of halogens is 3. The van der Waals surface area contributed by atoms with Crippen LogP contribution in [0.2, 0.25) is 0 Å². The zero-order chi connectivity index (χ0) is 13.9. The Hall–Kier alpha value is -1.56. The summed E-state index contributed by atoms with van der Waals surface area (Å²) in [6.07, 6.45) is -5.06. The molecule has 0 N–H and O–H groups in total. The molecule has 3 nitrogen and oxygen atoms in total.